The summed E-state index contributed by atoms with van der Waals surface area (Å²) in [5, 5.41) is 6.91. The van der Waals surface area contributed by atoms with Crippen LogP contribution in [0.1, 0.15) is 54.1 Å². The molecule has 1 aliphatic carbocycles. The predicted octanol–water partition coefficient (Wildman–Crippen LogP) is 3.54. The number of aryl methyl sites for hydroxylation is 2. The second kappa shape index (κ2) is 6.10. The number of nitrogens with zero attached hydrogens (tertiary/aromatic N) is 2. The molecule has 0 spiro atoms. The van der Waals surface area contributed by atoms with E-state index in [-0.39, 0.29) is 0 Å². The van der Waals surface area contributed by atoms with Gasteiger partial charge in [-0.25, -0.2) is 4.98 Å². The van der Waals surface area contributed by atoms with Gasteiger partial charge >= 0.3 is 0 Å². The maximum absolute atomic E-state index is 4.72. The average molecular weight is 289 g/mol. The summed E-state index contributed by atoms with van der Waals surface area (Å²) in [5.74, 6) is 0. The van der Waals surface area contributed by atoms with Crippen LogP contribution in [0.5, 0.6) is 0 Å². The summed E-state index contributed by atoms with van der Waals surface area (Å²) in [6.07, 6.45) is 10.7. The van der Waals surface area contributed by atoms with E-state index in [2.05, 4.69) is 41.6 Å². The van der Waals surface area contributed by atoms with Gasteiger partial charge in [0.15, 0.2) is 0 Å². The molecular formula is C16H23N3S. The molecule has 0 amide bonds. The molecule has 0 aliphatic heterocycles. The predicted molar refractivity (Wildman–Crippen MR) is 84.4 cm³/mol. The molecule has 1 atom stereocenters. The highest BCUT2D eigenvalue weighted by molar-refractivity contribution is 7.09. The third-order valence-corrected chi connectivity index (χ3v) is 5.03. The molecule has 108 valence electrons. The lowest BCUT2D eigenvalue weighted by atomic mass is 9.91. The minimum absolute atomic E-state index is 0.533. The molecule has 20 heavy (non-hydrogen) atoms. The summed E-state index contributed by atoms with van der Waals surface area (Å²) in [4.78, 5) is 4.72. The van der Waals surface area contributed by atoms with Crippen molar-refractivity contribution >= 4 is 11.3 Å². The number of nitrogens with one attached hydrogen (secondary N) is 1. The van der Waals surface area contributed by atoms with Crippen LogP contribution in [0.25, 0.3) is 0 Å². The molecule has 3 rings (SSSR count). The summed E-state index contributed by atoms with van der Waals surface area (Å²) in [7, 11) is 2.06. The second-order valence-electron chi connectivity index (χ2n) is 5.63. The summed E-state index contributed by atoms with van der Waals surface area (Å²) >= 11 is 1.80. The Morgan fingerprint density at radius 3 is 3.15 bits per heavy atom. The van der Waals surface area contributed by atoms with Gasteiger partial charge in [0, 0.05) is 23.8 Å². The standard InChI is InChI=1S/C16H23N3S/c1-3-5-16-18-13(11-20-16)9-19-8-12-6-4-7-15(17-2)14(12)10-19/h8,10-11,15,17H,3-7,9H2,1-2H3. The van der Waals surface area contributed by atoms with E-state index in [0.717, 1.165) is 13.0 Å². The maximum Gasteiger partial charge on any atom is 0.0928 e. The quantitative estimate of drug-likeness (QED) is 0.912. The molecule has 0 saturated heterocycles. The van der Waals surface area contributed by atoms with Crippen molar-refractivity contribution in [2.45, 2.75) is 51.6 Å². The number of hydrogen-bond acceptors (Lipinski definition) is 3. The molecule has 0 aromatic carbocycles. The Bertz CT molecular complexity index is 570. The van der Waals surface area contributed by atoms with Gasteiger partial charge in [-0.05, 0) is 50.3 Å². The Balaban J connectivity index is 1.76. The number of fused-ring (bicyclic) bond motifs is 1. The van der Waals surface area contributed by atoms with Crippen molar-refractivity contribution in [2.75, 3.05) is 7.05 Å². The molecule has 2 aromatic heterocycles. The maximum atomic E-state index is 4.72. The van der Waals surface area contributed by atoms with E-state index in [1.807, 2.05) is 0 Å². The zero-order valence-electron chi connectivity index (χ0n) is 12.4. The monoisotopic (exact) mass is 289 g/mol. The van der Waals surface area contributed by atoms with E-state index in [4.69, 9.17) is 4.98 Å². The van der Waals surface area contributed by atoms with Crippen molar-refractivity contribution in [3.63, 3.8) is 0 Å². The molecule has 4 heteroatoms. The zero-order valence-corrected chi connectivity index (χ0v) is 13.2. The number of hydrogen-bond donors (Lipinski definition) is 1. The zero-order chi connectivity index (χ0) is 13.9. The van der Waals surface area contributed by atoms with E-state index in [1.165, 1.54) is 47.5 Å². The van der Waals surface area contributed by atoms with Crippen molar-refractivity contribution in [3.05, 3.63) is 39.6 Å². The molecular weight excluding hydrogens is 266 g/mol. The molecule has 1 aliphatic rings. The van der Waals surface area contributed by atoms with Gasteiger partial charge in [0.1, 0.15) is 0 Å². The highest BCUT2D eigenvalue weighted by Crippen LogP contribution is 2.30. The first kappa shape index (κ1) is 13.8. The lowest BCUT2D eigenvalue weighted by Gasteiger charge is -2.21. The van der Waals surface area contributed by atoms with Crippen LogP contribution < -0.4 is 5.32 Å². The highest BCUT2D eigenvalue weighted by Gasteiger charge is 2.20. The molecule has 0 fully saturated rings. The summed E-state index contributed by atoms with van der Waals surface area (Å²) in [5.41, 5.74) is 4.20. The first-order valence-electron chi connectivity index (χ1n) is 7.59. The molecule has 2 heterocycles. The van der Waals surface area contributed by atoms with Crippen LogP contribution >= 0.6 is 11.3 Å². The van der Waals surface area contributed by atoms with Gasteiger partial charge in [0.2, 0.25) is 0 Å². The Morgan fingerprint density at radius 2 is 2.35 bits per heavy atom. The van der Waals surface area contributed by atoms with Crippen molar-refractivity contribution in [3.8, 4) is 0 Å². The normalized spacial score (nSPS) is 18.2. The first-order chi connectivity index (χ1) is 9.80. The van der Waals surface area contributed by atoms with Gasteiger partial charge in [0.05, 0.1) is 17.2 Å². The van der Waals surface area contributed by atoms with Crippen LogP contribution in [0.4, 0.5) is 0 Å². The lowest BCUT2D eigenvalue weighted by Crippen LogP contribution is -2.20. The molecule has 1 unspecified atom stereocenters. The Hall–Kier alpha value is -1.13. The van der Waals surface area contributed by atoms with Gasteiger partial charge in [-0.2, -0.15) is 0 Å². The van der Waals surface area contributed by atoms with Crippen molar-refractivity contribution in [2.24, 2.45) is 0 Å². The Morgan fingerprint density at radius 1 is 1.45 bits per heavy atom. The van der Waals surface area contributed by atoms with Crippen LogP contribution in [0.3, 0.4) is 0 Å². The largest absolute Gasteiger partial charge is 0.348 e. The molecule has 0 bridgehead atoms. The van der Waals surface area contributed by atoms with Gasteiger partial charge in [0.25, 0.3) is 0 Å². The smallest absolute Gasteiger partial charge is 0.0928 e. The Labute approximate surface area is 125 Å². The fourth-order valence-corrected chi connectivity index (χ4v) is 3.97. The van der Waals surface area contributed by atoms with Gasteiger partial charge in [-0.15, -0.1) is 11.3 Å². The number of rotatable bonds is 5. The minimum Gasteiger partial charge on any atom is -0.348 e. The fraction of sp³-hybridized carbons (Fsp3) is 0.562. The van der Waals surface area contributed by atoms with Crippen molar-refractivity contribution < 1.29 is 0 Å². The summed E-state index contributed by atoms with van der Waals surface area (Å²) in [6, 6.07) is 0.533. The second-order valence-corrected chi connectivity index (χ2v) is 6.57. The van der Waals surface area contributed by atoms with E-state index in [9.17, 15) is 0 Å². The van der Waals surface area contributed by atoms with Crippen molar-refractivity contribution in [1.29, 1.82) is 0 Å². The fourth-order valence-electron chi connectivity index (χ4n) is 3.08. The summed E-state index contributed by atoms with van der Waals surface area (Å²) in [6.45, 7) is 3.11. The van der Waals surface area contributed by atoms with Crippen LogP contribution in [0.2, 0.25) is 0 Å². The van der Waals surface area contributed by atoms with Crippen molar-refractivity contribution in [1.82, 2.24) is 14.9 Å². The third-order valence-electron chi connectivity index (χ3n) is 4.07. The van der Waals surface area contributed by atoms with E-state index in [0.29, 0.717) is 6.04 Å². The molecule has 0 saturated carbocycles. The van der Waals surface area contributed by atoms with Crippen LogP contribution in [0.15, 0.2) is 17.8 Å². The molecule has 3 nitrogen and oxygen atoms in total. The molecule has 0 radical (unpaired) electrons. The van der Waals surface area contributed by atoms with Gasteiger partial charge in [-0.3, -0.25) is 0 Å². The van der Waals surface area contributed by atoms with E-state index in [1.54, 1.807) is 11.3 Å². The Kier molecular flexibility index (Phi) is 4.22. The number of thiazole rings is 1. The van der Waals surface area contributed by atoms with Gasteiger partial charge < -0.3 is 9.88 Å². The summed E-state index contributed by atoms with van der Waals surface area (Å²) < 4.78 is 2.31. The SMILES string of the molecule is CCCc1nc(Cn2cc3c(c2)C(NC)CCC3)cs1. The lowest BCUT2D eigenvalue weighted by molar-refractivity contribution is 0.498. The van der Waals surface area contributed by atoms with Crippen LogP contribution in [-0.2, 0) is 19.4 Å². The van der Waals surface area contributed by atoms with Gasteiger partial charge in [-0.1, -0.05) is 6.92 Å². The van der Waals surface area contributed by atoms with Crippen LogP contribution in [-0.4, -0.2) is 16.6 Å². The third kappa shape index (κ3) is 2.81. The van der Waals surface area contributed by atoms with E-state index >= 15 is 0 Å². The minimum atomic E-state index is 0.533. The topological polar surface area (TPSA) is 29.9 Å². The average Bonchev–Trinajstić information content (AvgIpc) is 3.05. The number of aromatic nitrogens is 2. The van der Waals surface area contributed by atoms with Crippen LogP contribution in [0, 0.1) is 0 Å². The molecule has 2 aromatic rings. The molecule has 1 N–H and O–H groups in total. The first-order valence-corrected chi connectivity index (χ1v) is 8.47. The highest BCUT2D eigenvalue weighted by atomic mass is 32.1. The van der Waals surface area contributed by atoms with E-state index < -0.39 is 0 Å².